The van der Waals surface area contributed by atoms with Crippen molar-refractivity contribution in [1.29, 1.82) is 0 Å². The van der Waals surface area contributed by atoms with Gasteiger partial charge in [-0.05, 0) is 6.07 Å². The van der Waals surface area contributed by atoms with Crippen molar-refractivity contribution >= 4 is 11.6 Å². The number of hydrogen-bond donors (Lipinski definition) is 1. The lowest BCUT2D eigenvalue weighted by atomic mass is 10.2. The third kappa shape index (κ3) is 1.88. The number of hydrogen-bond acceptors (Lipinski definition) is 5. The highest BCUT2D eigenvalue weighted by molar-refractivity contribution is 5.96. The number of nitro groups is 1. The van der Waals surface area contributed by atoms with Crippen LogP contribution in [0.2, 0.25) is 0 Å². The van der Waals surface area contributed by atoms with Gasteiger partial charge in [0, 0.05) is 11.6 Å². The van der Waals surface area contributed by atoms with E-state index < -0.39 is 4.92 Å². The Morgan fingerprint density at radius 3 is 2.87 bits per heavy atom. The molecular weight excluding hydrogens is 200 g/mol. The van der Waals surface area contributed by atoms with E-state index in [0.717, 1.165) is 6.07 Å². The van der Waals surface area contributed by atoms with Gasteiger partial charge in [-0.3, -0.25) is 10.1 Å². The molecule has 0 spiro atoms. The topological polar surface area (TPSA) is 85.0 Å². The Hall–Kier alpha value is -2.11. The first-order chi connectivity index (χ1) is 7.16. The third-order valence-electron chi connectivity index (χ3n) is 1.95. The summed E-state index contributed by atoms with van der Waals surface area (Å²) in [5.74, 6) is 0.173. The maximum Gasteiger partial charge on any atom is 0.273 e. The van der Waals surface area contributed by atoms with Crippen LogP contribution in [0.5, 0.6) is 5.75 Å². The van der Waals surface area contributed by atoms with Gasteiger partial charge in [-0.15, -0.1) is 0 Å². The summed E-state index contributed by atoms with van der Waals surface area (Å²) in [5.41, 5.74) is 0.252. The number of phenolic OH excluding ortho intramolecular Hbond substituents is 1. The van der Waals surface area contributed by atoms with Gasteiger partial charge < -0.3 is 9.84 Å². The smallest absolute Gasteiger partial charge is 0.273 e. The highest BCUT2D eigenvalue weighted by atomic mass is 16.6. The molecule has 1 aliphatic rings. The predicted octanol–water partition coefficient (Wildman–Crippen LogP) is 1.08. The van der Waals surface area contributed by atoms with E-state index in [4.69, 9.17) is 4.74 Å². The van der Waals surface area contributed by atoms with Crippen LogP contribution in [0.3, 0.4) is 0 Å². The number of benzene rings is 1. The van der Waals surface area contributed by atoms with E-state index in [9.17, 15) is 15.2 Å². The van der Waals surface area contributed by atoms with Gasteiger partial charge in [-0.2, -0.15) is 0 Å². The summed E-state index contributed by atoms with van der Waals surface area (Å²) in [6.45, 7) is 1.01. The summed E-state index contributed by atoms with van der Waals surface area (Å²) in [7, 11) is 0. The molecule has 1 aliphatic heterocycles. The molecule has 6 heteroatoms. The van der Waals surface area contributed by atoms with Gasteiger partial charge in [-0.25, -0.2) is 4.99 Å². The number of nitro benzene ring substituents is 1. The minimum Gasteiger partial charge on any atom is -0.508 e. The summed E-state index contributed by atoms with van der Waals surface area (Å²) in [6.07, 6.45) is 0. The molecule has 0 saturated carbocycles. The van der Waals surface area contributed by atoms with Crippen molar-refractivity contribution in [2.24, 2.45) is 4.99 Å². The molecule has 0 saturated heterocycles. The average molecular weight is 208 g/mol. The Morgan fingerprint density at radius 1 is 1.47 bits per heavy atom. The summed E-state index contributed by atoms with van der Waals surface area (Å²) in [4.78, 5) is 14.0. The van der Waals surface area contributed by atoms with Crippen molar-refractivity contribution in [3.63, 3.8) is 0 Å². The first-order valence-electron chi connectivity index (χ1n) is 4.33. The fourth-order valence-corrected chi connectivity index (χ4v) is 1.33. The van der Waals surface area contributed by atoms with Gasteiger partial charge in [0.2, 0.25) is 5.90 Å². The summed E-state index contributed by atoms with van der Waals surface area (Å²) in [5, 5.41) is 19.8. The van der Waals surface area contributed by atoms with Crippen LogP contribution in [0.25, 0.3) is 0 Å². The van der Waals surface area contributed by atoms with Crippen LogP contribution in [0.1, 0.15) is 5.56 Å². The molecule has 0 amide bonds. The SMILES string of the molecule is O=[N+]([O-])c1cc(O)cc(C2=NCCO2)c1. The first kappa shape index (κ1) is 9.45. The summed E-state index contributed by atoms with van der Waals surface area (Å²) >= 11 is 0. The minimum atomic E-state index is -0.571. The lowest BCUT2D eigenvalue weighted by Gasteiger charge is -2.02. The fourth-order valence-electron chi connectivity index (χ4n) is 1.33. The molecule has 2 rings (SSSR count). The van der Waals surface area contributed by atoms with E-state index in [1.807, 2.05) is 0 Å². The molecule has 15 heavy (non-hydrogen) atoms. The normalized spacial score (nSPS) is 14.5. The number of rotatable bonds is 2. The second-order valence-corrected chi connectivity index (χ2v) is 3.03. The molecule has 0 fully saturated rings. The molecule has 0 bridgehead atoms. The van der Waals surface area contributed by atoms with Gasteiger partial charge in [0.05, 0.1) is 17.5 Å². The maximum absolute atomic E-state index is 10.5. The zero-order valence-electron chi connectivity index (χ0n) is 7.71. The molecule has 0 unspecified atom stereocenters. The highest BCUT2D eigenvalue weighted by Gasteiger charge is 2.16. The van der Waals surface area contributed by atoms with Crippen molar-refractivity contribution in [3.8, 4) is 5.75 Å². The molecule has 6 nitrogen and oxygen atoms in total. The van der Waals surface area contributed by atoms with Crippen LogP contribution < -0.4 is 0 Å². The number of phenols is 1. The lowest BCUT2D eigenvalue weighted by molar-refractivity contribution is -0.384. The summed E-state index contributed by atoms with van der Waals surface area (Å²) < 4.78 is 5.15. The Labute approximate surface area is 85.0 Å². The van der Waals surface area contributed by atoms with Gasteiger partial charge in [-0.1, -0.05) is 0 Å². The Kier molecular flexibility index (Phi) is 2.24. The molecule has 0 radical (unpaired) electrons. The van der Waals surface area contributed by atoms with Crippen LogP contribution in [0.4, 0.5) is 5.69 Å². The fraction of sp³-hybridized carbons (Fsp3) is 0.222. The second kappa shape index (κ2) is 3.56. The van der Waals surface area contributed by atoms with E-state index in [0.29, 0.717) is 24.6 Å². The van der Waals surface area contributed by atoms with Gasteiger partial charge in [0.15, 0.2) is 0 Å². The van der Waals surface area contributed by atoms with Crippen molar-refractivity contribution < 1.29 is 14.8 Å². The number of non-ortho nitro benzene ring substituents is 1. The molecule has 1 aromatic rings. The number of ether oxygens (including phenoxy) is 1. The monoisotopic (exact) mass is 208 g/mol. The molecular formula is C9H8N2O4. The van der Waals surface area contributed by atoms with Crippen molar-refractivity contribution in [2.45, 2.75) is 0 Å². The highest BCUT2D eigenvalue weighted by Crippen LogP contribution is 2.23. The Bertz CT molecular complexity index is 442. The molecule has 1 heterocycles. The summed E-state index contributed by atoms with van der Waals surface area (Å²) in [6, 6.07) is 3.79. The maximum atomic E-state index is 10.5. The van der Waals surface area contributed by atoms with Gasteiger partial charge in [0.25, 0.3) is 5.69 Å². The van der Waals surface area contributed by atoms with Gasteiger partial charge in [0.1, 0.15) is 12.4 Å². The van der Waals surface area contributed by atoms with Crippen LogP contribution in [-0.2, 0) is 4.74 Å². The number of aliphatic imine (C=N–C) groups is 1. The molecule has 1 N–H and O–H groups in total. The van der Waals surface area contributed by atoms with E-state index in [1.165, 1.54) is 12.1 Å². The van der Waals surface area contributed by atoms with Crippen LogP contribution >= 0.6 is 0 Å². The quantitative estimate of drug-likeness (QED) is 0.582. The lowest BCUT2D eigenvalue weighted by Crippen LogP contribution is -2.01. The van der Waals surface area contributed by atoms with Crippen LogP contribution in [0.15, 0.2) is 23.2 Å². The molecule has 0 atom stereocenters. The van der Waals surface area contributed by atoms with Crippen LogP contribution in [-0.4, -0.2) is 29.1 Å². The molecule has 78 valence electrons. The van der Waals surface area contributed by atoms with E-state index in [1.54, 1.807) is 0 Å². The van der Waals surface area contributed by atoms with E-state index >= 15 is 0 Å². The Balaban J connectivity index is 2.43. The van der Waals surface area contributed by atoms with E-state index in [-0.39, 0.29) is 11.4 Å². The first-order valence-corrected chi connectivity index (χ1v) is 4.33. The van der Waals surface area contributed by atoms with E-state index in [2.05, 4.69) is 4.99 Å². The number of aromatic hydroxyl groups is 1. The largest absolute Gasteiger partial charge is 0.508 e. The number of nitrogens with zero attached hydrogens (tertiary/aromatic N) is 2. The zero-order chi connectivity index (χ0) is 10.8. The molecule has 0 aliphatic carbocycles. The van der Waals surface area contributed by atoms with Crippen molar-refractivity contribution in [1.82, 2.24) is 0 Å². The van der Waals surface area contributed by atoms with Crippen molar-refractivity contribution in [2.75, 3.05) is 13.2 Å². The zero-order valence-corrected chi connectivity index (χ0v) is 7.71. The Morgan fingerprint density at radius 2 is 2.27 bits per heavy atom. The molecule has 0 aromatic heterocycles. The molecule has 1 aromatic carbocycles. The van der Waals surface area contributed by atoms with Crippen LogP contribution in [0, 0.1) is 10.1 Å². The minimum absolute atomic E-state index is 0.169. The van der Waals surface area contributed by atoms with Crippen molar-refractivity contribution in [3.05, 3.63) is 33.9 Å². The standard InChI is InChI=1S/C9H8N2O4/c12-8-4-6(9-10-1-2-15-9)3-7(5-8)11(13)14/h3-5,12H,1-2H2. The predicted molar refractivity (Wildman–Crippen MR) is 52.1 cm³/mol. The second-order valence-electron chi connectivity index (χ2n) is 3.03. The third-order valence-corrected chi connectivity index (χ3v) is 1.95. The average Bonchev–Trinajstić information content (AvgIpc) is 2.69. The van der Waals surface area contributed by atoms with Gasteiger partial charge >= 0.3 is 0 Å².